The van der Waals surface area contributed by atoms with Crippen LogP contribution in [0.1, 0.15) is 0 Å². The molecule has 5 nitrogen and oxygen atoms in total. The van der Waals surface area contributed by atoms with Gasteiger partial charge < -0.3 is 0 Å². The summed E-state index contributed by atoms with van der Waals surface area (Å²) >= 11 is 0. The van der Waals surface area contributed by atoms with Gasteiger partial charge in [0.1, 0.15) is 0 Å². The van der Waals surface area contributed by atoms with Gasteiger partial charge in [-0.05, 0) is 29.0 Å². The Kier molecular flexibility index (Phi) is 4.69. The van der Waals surface area contributed by atoms with Crippen molar-refractivity contribution in [2.75, 3.05) is 0 Å². The zero-order chi connectivity index (χ0) is 14.6. The number of benzene rings is 2. The molecule has 0 amide bonds. The highest BCUT2D eigenvalue weighted by atomic mass is 33.5. The van der Waals surface area contributed by atoms with E-state index in [-0.39, 0.29) is 10.6 Å². The van der Waals surface area contributed by atoms with E-state index < -0.39 is 13.8 Å². The molecular formula is C12H9NO4S3. The molecule has 104 valence electrons. The molecule has 0 N–H and O–H groups in total. The summed E-state index contributed by atoms with van der Waals surface area (Å²) in [5, 5.41) is 10.8. The lowest BCUT2D eigenvalue weighted by Crippen LogP contribution is -1.93. The summed E-state index contributed by atoms with van der Waals surface area (Å²) in [5.41, 5.74) is -0.103. The number of hydrogen-bond donors (Lipinski definition) is 0. The quantitative estimate of drug-likeness (QED) is 0.473. The molecule has 0 bridgehead atoms. The van der Waals surface area contributed by atoms with E-state index in [9.17, 15) is 18.5 Å². The van der Waals surface area contributed by atoms with Crippen molar-refractivity contribution < 1.29 is 13.3 Å². The highest BCUT2D eigenvalue weighted by molar-refractivity contribution is 9.06. The van der Waals surface area contributed by atoms with Gasteiger partial charge in [0.15, 0.2) is 0 Å². The Balaban J connectivity index is 2.19. The van der Waals surface area contributed by atoms with Crippen molar-refractivity contribution in [2.45, 2.75) is 9.79 Å². The van der Waals surface area contributed by atoms with Gasteiger partial charge >= 0.3 is 0 Å². The third-order valence-electron chi connectivity index (χ3n) is 2.31. The maximum atomic E-state index is 12.1. The van der Waals surface area contributed by atoms with E-state index in [2.05, 4.69) is 0 Å². The summed E-state index contributed by atoms with van der Waals surface area (Å²) in [6, 6.07) is 14.0. The minimum atomic E-state index is -3.54. The number of para-hydroxylation sites is 1. The Morgan fingerprint density at radius 2 is 1.55 bits per heavy atom. The van der Waals surface area contributed by atoms with Crippen LogP contribution in [0.3, 0.4) is 0 Å². The number of nitro benzene ring substituents is 1. The normalized spacial score (nSPS) is 11.2. The zero-order valence-electron chi connectivity index (χ0n) is 10.0. The summed E-state index contributed by atoms with van der Waals surface area (Å²) in [6.07, 6.45) is 0. The second kappa shape index (κ2) is 6.29. The van der Waals surface area contributed by atoms with Crippen molar-refractivity contribution in [3.8, 4) is 0 Å². The number of rotatable bonds is 5. The van der Waals surface area contributed by atoms with Crippen molar-refractivity contribution in [1.29, 1.82) is 0 Å². The highest BCUT2D eigenvalue weighted by Crippen LogP contribution is 2.42. The maximum Gasteiger partial charge on any atom is 0.283 e. The molecule has 0 heterocycles. The summed E-state index contributed by atoms with van der Waals surface area (Å²) in [4.78, 5) is 10.8. The smallest absolute Gasteiger partial charge is 0.258 e. The van der Waals surface area contributed by atoms with Crippen molar-refractivity contribution in [2.24, 2.45) is 0 Å². The fraction of sp³-hybridized carbons (Fsp3) is 0. The van der Waals surface area contributed by atoms with E-state index in [0.29, 0.717) is 14.7 Å². The van der Waals surface area contributed by atoms with E-state index in [1.807, 2.05) is 0 Å². The molecule has 0 unspecified atom stereocenters. The Morgan fingerprint density at radius 1 is 0.950 bits per heavy atom. The fourth-order valence-electron chi connectivity index (χ4n) is 1.39. The molecule has 0 saturated carbocycles. The van der Waals surface area contributed by atoms with Crippen LogP contribution in [0.4, 0.5) is 5.69 Å². The van der Waals surface area contributed by atoms with E-state index in [1.165, 1.54) is 24.3 Å². The van der Waals surface area contributed by atoms with E-state index in [0.717, 1.165) is 10.8 Å². The molecule has 0 fully saturated rings. The van der Waals surface area contributed by atoms with Crippen LogP contribution in [-0.4, -0.2) is 13.3 Å². The topological polar surface area (TPSA) is 77.3 Å². The van der Waals surface area contributed by atoms with Gasteiger partial charge in [0.2, 0.25) is 8.87 Å². The molecular weight excluding hydrogens is 318 g/mol. The van der Waals surface area contributed by atoms with Crippen LogP contribution < -0.4 is 0 Å². The lowest BCUT2D eigenvalue weighted by Gasteiger charge is -2.03. The fourth-order valence-corrected chi connectivity index (χ4v) is 6.13. The van der Waals surface area contributed by atoms with Gasteiger partial charge in [0.05, 0.1) is 14.7 Å². The first-order valence-electron chi connectivity index (χ1n) is 5.40. The monoisotopic (exact) mass is 327 g/mol. The highest BCUT2D eigenvalue weighted by Gasteiger charge is 2.20. The minimum Gasteiger partial charge on any atom is -0.258 e. The summed E-state index contributed by atoms with van der Waals surface area (Å²) in [5.74, 6) is 0. The van der Waals surface area contributed by atoms with Gasteiger partial charge in [-0.25, -0.2) is 8.42 Å². The Morgan fingerprint density at radius 3 is 2.20 bits per heavy atom. The largest absolute Gasteiger partial charge is 0.283 e. The zero-order valence-corrected chi connectivity index (χ0v) is 12.5. The average Bonchev–Trinajstić information content (AvgIpc) is 2.46. The van der Waals surface area contributed by atoms with E-state index in [1.54, 1.807) is 30.3 Å². The van der Waals surface area contributed by atoms with Crippen LogP contribution in [0, 0.1) is 10.1 Å². The number of nitrogens with zero attached hydrogens (tertiary/aromatic N) is 1. The third-order valence-corrected chi connectivity index (χ3v) is 8.01. The summed E-state index contributed by atoms with van der Waals surface area (Å²) in [7, 11) is -2.08. The second-order valence-electron chi connectivity index (χ2n) is 3.64. The van der Waals surface area contributed by atoms with Crippen LogP contribution in [0.5, 0.6) is 0 Å². The molecule has 8 heteroatoms. The molecule has 0 radical (unpaired) electrons. The predicted octanol–water partition coefficient (Wildman–Crippen LogP) is 3.72. The molecule has 0 aliphatic heterocycles. The number of hydrogen-bond acceptors (Lipinski definition) is 6. The molecule has 2 rings (SSSR count). The molecule has 0 aliphatic rings. The van der Waals surface area contributed by atoms with Gasteiger partial charge in [0.25, 0.3) is 5.69 Å². The molecule has 0 aliphatic carbocycles. The van der Waals surface area contributed by atoms with Crippen LogP contribution in [0.25, 0.3) is 0 Å². The standard InChI is InChI=1S/C12H9NO4S3/c14-13(15)11-8-4-5-9-12(11)18-19-20(16,17)10-6-2-1-3-7-10/h1-9H. The maximum absolute atomic E-state index is 12.1. The Labute approximate surface area is 123 Å². The van der Waals surface area contributed by atoms with Crippen LogP contribution in [-0.2, 0) is 8.87 Å². The first kappa shape index (κ1) is 14.9. The SMILES string of the molecule is O=[N+]([O-])c1ccccc1SSS(=O)(=O)c1ccccc1. The van der Waals surface area contributed by atoms with Gasteiger partial charge in [-0.2, -0.15) is 0 Å². The lowest BCUT2D eigenvalue weighted by atomic mass is 10.3. The van der Waals surface area contributed by atoms with Crippen LogP contribution >= 0.6 is 20.6 Å². The first-order valence-corrected chi connectivity index (χ1v) is 9.55. The second-order valence-corrected chi connectivity index (χ2v) is 9.22. The molecule has 0 saturated heterocycles. The molecule has 2 aromatic rings. The summed E-state index contributed by atoms with van der Waals surface area (Å²) < 4.78 is 24.1. The van der Waals surface area contributed by atoms with E-state index >= 15 is 0 Å². The molecule has 2 aromatic carbocycles. The Hall–Kier alpha value is -1.51. The van der Waals surface area contributed by atoms with E-state index in [4.69, 9.17) is 0 Å². The van der Waals surface area contributed by atoms with Crippen LogP contribution in [0.2, 0.25) is 0 Å². The molecule has 0 aromatic heterocycles. The van der Waals surface area contributed by atoms with Crippen LogP contribution in [0.15, 0.2) is 64.4 Å². The van der Waals surface area contributed by atoms with Gasteiger partial charge in [-0.3, -0.25) is 10.1 Å². The van der Waals surface area contributed by atoms with Crippen molar-refractivity contribution >= 4 is 35.2 Å². The Bertz CT molecular complexity index is 716. The molecule has 0 spiro atoms. The predicted molar refractivity (Wildman–Crippen MR) is 80.2 cm³/mol. The van der Waals surface area contributed by atoms with Crippen molar-refractivity contribution in [1.82, 2.24) is 0 Å². The third kappa shape index (κ3) is 3.53. The lowest BCUT2D eigenvalue weighted by molar-refractivity contribution is -0.387. The number of nitro groups is 1. The van der Waals surface area contributed by atoms with Crippen molar-refractivity contribution in [3.05, 3.63) is 64.7 Å². The van der Waals surface area contributed by atoms with Gasteiger partial charge in [0, 0.05) is 15.9 Å². The minimum absolute atomic E-state index is 0.103. The molecule has 20 heavy (non-hydrogen) atoms. The van der Waals surface area contributed by atoms with Gasteiger partial charge in [-0.15, -0.1) is 0 Å². The average molecular weight is 327 g/mol. The van der Waals surface area contributed by atoms with Crippen molar-refractivity contribution in [3.63, 3.8) is 0 Å². The summed E-state index contributed by atoms with van der Waals surface area (Å²) in [6.45, 7) is 0. The first-order chi connectivity index (χ1) is 9.50. The molecule has 0 atom stereocenters. The van der Waals surface area contributed by atoms with Gasteiger partial charge in [-0.1, -0.05) is 30.3 Å².